The molecule has 0 saturated heterocycles. The third-order valence-electron chi connectivity index (χ3n) is 4.62. The highest BCUT2D eigenvalue weighted by Gasteiger charge is 2.22. The highest BCUT2D eigenvalue weighted by molar-refractivity contribution is 5.81. The molecule has 0 radical (unpaired) electrons. The maximum Gasteiger partial charge on any atom is 0.136 e. The number of halogens is 1. The van der Waals surface area contributed by atoms with Gasteiger partial charge in [0.15, 0.2) is 0 Å². The highest BCUT2D eigenvalue weighted by atomic mass is 19.1. The van der Waals surface area contributed by atoms with Crippen molar-refractivity contribution in [3.63, 3.8) is 0 Å². The van der Waals surface area contributed by atoms with Crippen molar-refractivity contribution in [3.8, 4) is 0 Å². The molecule has 4 rings (SSSR count). The van der Waals surface area contributed by atoms with Gasteiger partial charge in [-0.3, -0.25) is 9.88 Å². The Labute approximate surface area is 146 Å². The Balaban J connectivity index is 1.66. The summed E-state index contributed by atoms with van der Waals surface area (Å²) in [4.78, 5) is 17.6. The van der Waals surface area contributed by atoms with Gasteiger partial charge in [0.2, 0.25) is 0 Å². The minimum absolute atomic E-state index is 0.217. The van der Waals surface area contributed by atoms with Gasteiger partial charge < -0.3 is 4.90 Å². The SMILES string of the molecule is CN(C)c1ncnc2c1CN(Cc1cc(F)cc3cccnc13)CC2. The Morgan fingerprint density at radius 1 is 1.20 bits per heavy atom. The third kappa shape index (κ3) is 3.05. The fourth-order valence-electron chi connectivity index (χ4n) is 3.49. The van der Waals surface area contributed by atoms with Gasteiger partial charge in [0.25, 0.3) is 0 Å². The minimum Gasteiger partial charge on any atom is -0.362 e. The van der Waals surface area contributed by atoms with Crippen LogP contribution in [0.15, 0.2) is 36.8 Å². The summed E-state index contributed by atoms with van der Waals surface area (Å²) in [6, 6.07) is 6.87. The molecule has 0 N–H and O–H groups in total. The van der Waals surface area contributed by atoms with Crippen LogP contribution in [0.2, 0.25) is 0 Å². The molecule has 1 aromatic carbocycles. The van der Waals surface area contributed by atoms with Crippen LogP contribution in [0.1, 0.15) is 16.8 Å². The fraction of sp³-hybridized carbons (Fsp3) is 0.316. The second kappa shape index (κ2) is 6.37. The number of nitrogens with zero attached hydrogens (tertiary/aromatic N) is 5. The maximum absolute atomic E-state index is 14.0. The van der Waals surface area contributed by atoms with E-state index in [1.165, 1.54) is 6.07 Å². The van der Waals surface area contributed by atoms with Crippen LogP contribution in [0.3, 0.4) is 0 Å². The van der Waals surface area contributed by atoms with Crippen molar-refractivity contribution in [2.75, 3.05) is 25.5 Å². The van der Waals surface area contributed by atoms with Crippen molar-refractivity contribution in [3.05, 3.63) is 59.4 Å². The number of aromatic nitrogens is 3. The number of fused-ring (bicyclic) bond motifs is 2. The average Bonchev–Trinajstić information content (AvgIpc) is 2.61. The van der Waals surface area contributed by atoms with Crippen LogP contribution in [-0.2, 0) is 19.5 Å². The first-order valence-corrected chi connectivity index (χ1v) is 8.37. The number of benzene rings is 1. The Hall–Kier alpha value is -2.60. The van der Waals surface area contributed by atoms with E-state index in [4.69, 9.17) is 0 Å². The smallest absolute Gasteiger partial charge is 0.136 e. The molecule has 3 heterocycles. The molecular formula is C19H20FN5. The predicted molar refractivity (Wildman–Crippen MR) is 95.9 cm³/mol. The van der Waals surface area contributed by atoms with Crippen molar-refractivity contribution < 1.29 is 4.39 Å². The van der Waals surface area contributed by atoms with Crippen LogP contribution >= 0.6 is 0 Å². The van der Waals surface area contributed by atoms with Gasteiger partial charge >= 0.3 is 0 Å². The summed E-state index contributed by atoms with van der Waals surface area (Å²) < 4.78 is 14.0. The van der Waals surface area contributed by atoms with Gasteiger partial charge in [0.1, 0.15) is 18.0 Å². The molecule has 25 heavy (non-hydrogen) atoms. The molecule has 128 valence electrons. The first-order valence-electron chi connectivity index (χ1n) is 8.37. The van der Waals surface area contributed by atoms with Gasteiger partial charge in [-0.1, -0.05) is 6.07 Å². The molecule has 5 nitrogen and oxygen atoms in total. The van der Waals surface area contributed by atoms with Gasteiger partial charge in [-0.25, -0.2) is 14.4 Å². The molecule has 0 unspecified atom stereocenters. The normalized spacial score (nSPS) is 14.5. The van der Waals surface area contributed by atoms with E-state index in [2.05, 4.69) is 19.9 Å². The van der Waals surface area contributed by atoms with Crippen molar-refractivity contribution in [1.29, 1.82) is 0 Å². The molecular weight excluding hydrogens is 317 g/mol. The van der Waals surface area contributed by atoms with Crippen LogP contribution in [0.25, 0.3) is 10.9 Å². The Kier molecular flexibility index (Phi) is 4.05. The zero-order valence-electron chi connectivity index (χ0n) is 14.4. The van der Waals surface area contributed by atoms with E-state index < -0.39 is 0 Å². The zero-order valence-corrected chi connectivity index (χ0v) is 14.4. The molecule has 0 fully saturated rings. The molecule has 6 heteroatoms. The standard InChI is InChI=1S/C19H20FN5/c1-24(2)19-16-11-25(7-5-17(16)22-12-23-19)10-14-9-15(20)8-13-4-3-6-21-18(13)14/h3-4,6,8-9,12H,5,7,10-11H2,1-2H3. The Bertz CT molecular complexity index is 925. The van der Waals surface area contributed by atoms with Crippen molar-refractivity contribution in [2.24, 2.45) is 0 Å². The van der Waals surface area contributed by atoms with Gasteiger partial charge in [0.05, 0.1) is 11.2 Å². The summed E-state index contributed by atoms with van der Waals surface area (Å²) in [5, 5.41) is 0.840. The first kappa shape index (κ1) is 15.9. The van der Waals surface area contributed by atoms with Crippen LogP contribution in [0.5, 0.6) is 0 Å². The van der Waals surface area contributed by atoms with E-state index in [1.54, 1.807) is 18.6 Å². The summed E-state index contributed by atoms with van der Waals surface area (Å²) in [7, 11) is 3.98. The molecule has 0 atom stereocenters. The van der Waals surface area contributed by atoms with E-state index in [1.807, 2.05) is 31.1 Å². The van der Waals surface area contributed by atoms with E-state index in [0.717, 1.165) is 53.1 Å². The van der Waals surface area contributed by atoms with Crippen LogP contribution in [0.4, 0.5) is 10.2 Å². The van der Waals surface area contributed by atoms with Crippen molar-refractivity contribution >= 4 is 16.7 Å². The van der Waals surface area contributed by atoms with Crippen LogP contribution in [0, 0.1) is 5.82 Å². The average molecular weight is 337 g/mol. The molecule has 0 bridgehead atoms. The van der Waals surface area contributed by atoms with Crippen LogP contribution < -0.4 is 4.90 Å². The number of rotatable bonds is 3. The maximum atomic E-state index is 14.0. The molecule has 0 aliphatic carbocycles. The molecule has 3 aromatic rings. The minimum atomic E-state index is -0.217. The van der Waals surface area contributed by atoms with Crippen molar-refractivity contribution in [1.82, 2.24) is 19.9 Å². The van der Waals surface area contributed by atoms with Crippen LogP contribution in [-0.4, -0.2) is 40.5 Å². The fourth-order valence-corrected chi connectivity index (χ4v) is 3.49. The van der Waals surface area contributed by atoms with E-state index in [9.17, 15) is 4.39 Å². The lowest BCUT2D eigenvalue weighted by Crippen LogP contribution is -2.32. The lowest BCUT2D eigenvalue weighted by Gasteiger charge is -2.30. The van der Waals surface area contributed by atoms with E-state index >= 15 is 0 Å². The van der Waals surface area contributed by atoms with Crippen molar-refractivity contribution in [2.45, 2.75) is 19.5 Å². The monoisotopic (exact) mass is 337 g/mol. The Morgan fingerprint density at radius 2 is 2.08 bits per heavy atom. The lowest BCUT2D eigenvalue weighted by atomic mass is 10.0. The van der Waals surface area contributed by atoms with Gasteiger partial charge in [0, 0.05) is 57.3 Å². The second-order valence-electron chi connectivity index (χ2n) is 6.62. The predicted octanol–water partition coefficient (Wildman–Crippen LogP) is 2.79. The summed E-state index contributed by atoms with van der Waals surface area (Å²) >= 11 is 0. The van der Waals surface area contributed by atoms with E-state index in [0.29, 0.717) is 6.54 Å². The molecule has 1 aliphatic heterocycles. The molecule has 1 aliphatic rings. The summed E-state index contributed by atoms with van der Waals surface area (Å²) in [6.07, 6.45) is 4.26. The first-order chi connectivity index (χ1) is 12.1. The number of pyridine rings is 1. The Morgan fingerprint density at radius 3 is 2.92 bits per heavy atom. The van der Waals surface area contributed by atoms with Gasteiger partial charge in [-0.05, 0) is 23.8 Å². The zero-order chi connectivity index (χ0) is 17.4. The molecule has 0 amide bonds. The number of hydrogen-bond donors (Lipinski definition) is 0. The highest BCUT2D eigenvalue weighted by Crippen LogP contribution is 2.27. The van der Waals surface area contributed by atoms with Gasteiger partial charge in [-0.2, -0.15) is 0 Å². The summed E-state index contributed by atoms with van der Waals surface area (Å²) in [5.41, 5.74) is 4.05. The largest absolute Gasteiger partial charge is 0.362 e. The number of anilines is 1. The van der Waals surface area contributed by atoms with Gasteiger partial charge in [-0.15, -0.1) is 0 Å². The van der Waals surface area contributed by atoms with E-state index in [-0.39, 0.29) is 5.82 Å². The summed E-state index contributed by atoms with van der Waals surface area (Å²) in [5.74, 6) is 0.738. The molecule has 0 spiro atoms. The quantitative estimate of drug-likeness (QED) is 0.735. The second-order valence-corrected chi connectivity index (χ2v) is 6.62. The summed E-state index contributed by atoms with van der Waals surface area (Å²) in [6.45, 7) is 2.31. The number of hydrogen-bond acceptors (Lipinski definition) is 5. The molecule has 0 saturated carbocycles. The lowest BCUT2D eigenvalue weighted by molar-refractivity contribution is 0.243. The topological polar surface area (TPSA) is 45.2 Å². The third-order valence-corrected chi connectivity index (χ3v) is 4.62. The molecule has 2 aromatic heterocycles.